The summed E-state index contributed by atoms with van der Waals surface area (Å²) >= 11 is 6.09. The Labute approximate surface area is 137 Å². The highest BCUT2D eigenvalue weighted by Crippen LogP contribution is 2.32. The highest BCUT2D eigenvalue weighted by atomic mass is 35.5. The van der Waals surface area contributed by atoms with E-state index < -0.39 is 12.2 Å². The molecule has 1 atom stereocenters. The lowest BCUT2D eigenvalue weighted by molar-refractivity contribution is 0.0821. The summed E-state index contributed by atoms with van der Waals surface area (Å²) in [7, 11) is 0. The number of pyridine rings is 1. The van der Waals surface area contributed by atoms with Gasteiger partial charge in [0.05, 0.1) is 16.1 Å². The quantitative estimate of drug-likeness (QED) is 0.935. The van der Waals surface area contributed by atoms with Crippen LogP contribution in [0.4, 0.5) is 4.79 Å². The van der Waals surface area contributed by atoms with Crippen LogP contribution < -0.4 is 10.1 Å². The highest BCUT2D eigenvalue weighted by Gasteiger charge is 2.28. The van der Waals surface area contributed by atoms with Crippen LogP contribution in [0.5, 0.6) is 5.88 Å². The Morgan fingerprint density at radius 2 is 2.35 bits per heavy atom. The lowest BCUT2D eigenvalue weighted by Crippen LogP contribution is -2.26. The van der Waals surface area contributed by atoms with Crippen molar-refractivity contribution in [2.75, 3.05) is 6.61 Å². The van der Waals surface area contributed by atoms with E-state index in [4.69, 9.17) is 26.3 Å². The molecule has 6 nitrogen and oxygen atoms in total. The van der Waals surface area contributed by atoms with E-state index in [0.717, 1.165) is 5.56 Å². The van der Waals surface area contributed by atoms with E-state index in [9.17, 15) is 4.79 Å². The molecule has 0 bridgehead atoms. The molecule has 1 N–H and O–H groups in total. The fourth-order valence-electron chi connectivity index (χ4n) is 2.25. The predicted molar refractivity (Wildman–Crippen MR) is 82.0 cm³/mol. The standard InChI is InChI=1S/C16H12ClN3O3/c17-14-10(7-18)3-1-4-11(14)8-20-16(21)23-13-9-22-15-12(13)5-2-6-19-15/h1-6,13H,8-9H2,(H,20,21). The molecule has 1 aromatic heterocycles. The lowest BCUT2D eigenvalue weighted by atomic mass is 10.1. The van der Waals surface area contributed by atoms with Gasteiger partial charge in [-0.05, 0) is 23.8 Å². The van der Waals surface area contributed by atoms with Gasteiger partial charge in [-0.25, -0.2) is 9.78 Å². The zero-order chi connectivity index (χ0) is 16.2. The molecule has 0 aliphatic carbocycles. The van der Waals surface area contributed by atoms with Crippen LogP contribution in [0.3, 0.4) is 0 Å². The molecule has 7 heteroatoms. The average Bonchev–Trinajstić information content (AvgIpc) is 2.97. The van der Waals surface area contributed by atoms with Crippen LogP contribution in [0.25, 0.3) is 0 Å². The van der Waals surface area contributed by atoms with Crippen molar-refractivity contribution in [3.05, 3.63) is 58.2 Å². The smallest absolute Gasteiger partial charge is 0.408 e. The Bertz CT molecular complexity index is 788. The van der Waals surface area contributed by atoms with E-state index in [1.54, 1.807) is 36.5 Å². The summed E-state index contributed by atoms with van der Waals surface area (Å²) in [4.78, 5) is 16.0. The number of amides is 1. The Kier molecular flexibility index (Phi) is 4.31. The second kappa shape index (κ2) is 6.55. The van der Waals surface area contributed by atoms with Crippen LogP contribution >= 0.6 is 11.6 Å². The lowest BCUT2D eigenvalue weighted by Gasteiger charge is -2.12. The van der Waals surface area contributed by atoms with Crippen LogP contribution in [0, 0.1) is 11.3 Å². The molecule has 2 aromatic rings. The fourth-order valence-corrected chi connectivity index (χ4v) is 2.49. The fraction of sp³-hybridized carbons (Fsp3) is 0.188. The monoisotopic (exact) mass is 329 g/mol. The molecule has 1 aliphatic rings. The minimum Gasteiger partial charge on any atom is -0.473 e. The third kappa shape index (κ3) is 3.20. The van der Waals surface area contributed by atoms with Crippen LogP contribution in [0.2, 0.25) is 5.02 Å². The molecule has 2 heterocycles. The number of aromatic nitrogens is 1. The summed E-state index contributed by atoms with van der Waals surface area (Å²) < 4.78 is 10.7. The summed E-state index contributed by atoms with van der Waals surface area (Å²) in [6, 6.07) is 10.6. The van der Waals surface area contributed by atoms with Crippen molar-refractivity contribution >= 4 is 17.7 Å². The number of benzene rings is 1. The number of rotatable bonds is 3. The average molecular weight is 330 g/mol. The summed E-state index contributed by atoms with van der Waals surface area (Å²) in [6.07, 6.45) is 0.541. The van der Waals surface area contributed by atoms with Crippen LogP contribution in [0.1, 0.15) is 22.8 Å². The zero-order valence-electron chi connectivity index (χ0n) is 12.0. The van der Waals surface area contributed by atoms with Gasteiger partial charge < -0.3 is 14.8 Å². The summed E-state index contributed by atoms with van der Waals surface area (Å²) in [6.45, 7) is 0.408. The van der Waals surface area contributed by atoms with Crippen LogP contribution in [-0.4, -0.2) is 17.7 Å². The number of nitrogens with one attached hydrogen (secondary N) is 1. The van der Waals surface area contributed by atoms with Crippen LogP contribution in [-0.2, 0) is 11.3 Å². The maximum absolute atomic E-state index is 11.9. The van der Waals surface area contributed by atoms with E-state index >= 15 is 0 Å². The first-order valence-electron chi connectivity index (χ1n) is 6.88. The molecule has 23 heavy (non-hydrogen) atoms. The maximum atomic E-state index is 11.9. The summed E-state index contributed by atoms with van der Waals surface area (Å²) in [5, 5.41) is 11.9. The molecule has 1 unspecified atom stereocenters. The Hall–Kier alpha value is -2.78. The molecular weight excluding hydrogens is 318 g/mol. The molecule has 3 rings (SSSR count). The van der Waals surface area contributed by atoms with E-state index in [1.165, 1.54) is 0 Å². The van der Waals surface area contributed by atoms with E-state index in [2.05, 4.69) is 10.3 Å². The molecule has 0 spiro atoms. The minimum absolute atomic E-state index is 0.167. The predicted octanol–water partition coefficient (Wildman–Crippen LogP) is 2.97. The molecule has 116 valence electrons. The van der Waals surface area contributed by atoms with Gasteiger partial charge in [-0.3, -0.25) is 0 Å². The molecule has 0 radical (unpaired) electrons. The Morgan fingerprint density at radius 1 is 1.48 bits per heavy atom. The van der Waals surface area contributed by atoms with Crippen molar-refractivity contribution in [3.8, 4) is 11.9 Å². The van der Waals surface area contributed by atoms with Crippen molar-refractivity contribution in [1.29, 1.82) is 5.26 Å². The van der Waals surface area contributed by atoms with Gasteiger partial charge in [-0.2, -0.15) is 5.26 Å². The number of hydrogen-bond donors (Lipinski definition) is 1. The van der Waals surface area contributed by atoms with Gasteiger partial charge in [0.1, 0.15) is 12.7 Å². The van der Waals surface area contributed by atoms with Crippen molar-refractivity contribution in [2.24, 2.45) is 0 Å². The number of alkyl carbamates (subject to hydrolysis) is 1. The van der Waals surface area contributed by atoms with Crippen LogP contribution in [0.15, 0.2) is 36.5 Å². The SMILES string of the molecule is N#Cc1cccc(CNC(=O)OC2COc3ncccc32)c1Cl. The number of nitrogens with zero attached hydrogens (tertiary/aromatic N) is 2. The van der Waals surface area contributed by atoms with Crippen molar-refractivity contribution < 1.29 is 14.3 Å². The molecule has 0 saturated carbocycles. The van der Waals surface area contributed by atoms with Gasteiger partial charge in [-0.1, -0.05) is 23.7 Å². The van der Waals surface area contributed by atoms with Crippen molar-refractivity contribution in [3.63, 3.8) is 0 Å². The minimum atomic E-state index is -0.589. The number of carbonyl (C=O) groups excluding carboxylic acids is 1. The number of carbonyl (C=O) groups is 1. The third-order valence-electron chi connectivity index (χ3n) is 3.39. The van der Waals surface area contributed by atoms with Gasteiger partial charge in [-0.15, -0.1) is 0 Å². The largest absolute Gasteiger partial charge is 0.473 e. The highest BCUT2D eigenvalue weighted by molar-refractivity contribution is 6.32. The second-order valence-corrected chi connectivity index (χ2v) is 5.22. The summed E-state index contributed by atoms with van der Waals surface area (Å²) in [5.74, 6) is 0.482. The molecule has 1 aliphatic heterocycles. The first-order valence-corrected chi connectivity index (χ1v) is 7.26. The first-order chi connectivity index (χ1) is 11.2. The molecule has 0 fully saturated rings. The van der Waals surface area contributed by atoms with Crippen molar-refractivity contribution in [2.45, 2.75) is 12.6 Å². The topological polar surface area (TPSA) is 84.2 Å². The zero-order valence-corrected chi connectivity index (χ0v) is 12.7. The van der Waals surface area contributed by atoms with Gasteiger partial charge >= 0.3 is 6.09 Å². The second-order valence-electron chi connectivity index (χ2n) is 4.85. The third-order valence-corrected chi connectivity index (χ3v) is 3.84. The molecule has 0 saturated heterocycles. The molecule has 1 amide bonds. The number of halogens is 1. The number of hydrogen-bond acceptors (Lipinski definition) is 5. The van der Waals surface area contributed by atoms with Gasteiger partial charge in [0.15, 0.2) is 6.10 Å². The number of nitriles is 1. The first kappa shape index (κ1) is 15.1. The van der Waals surface area contributed by atoms with Gasteiger partial charge in [0.25, 0.3) is 0 Å². The molecular formula is C16H12ClN3O3. The molecule has 1 aromatic carbocycles. The Balaban J connectivity index is 1.60. The van der Waals surface area contributed by atoms with E-state index in [1.807, 2.05) is 6.07 Å². The van der Waals surface area contributed by atoms with Gasteiger partial charge in [0, 0.05) is 12.7 Å². The van der Waals surface area contributed by atoms with E-state index in [0.29, 0.717) is 22.0 Å². The Morgan fingerprint density at radius 3 is 3.17 bits per heavy atom. The van der Waals surface area contributed by atoms with Crippen molar-refractivity contribution in [1.82, 2.24) is 10.3 Å². The van der Waals surface area contributed by atoms with E-state index in [-0.39, 0.29) is 13.2 Å². The van der Waals surface area contributed by atoms with Gasteiger partial charge in [0.2, 0.25) is 5.88 Å². The maximum Gasteiger partial charge on any atom is 0.408 e. The summed E-state index contributed by atoms with van der Waals surface area (Å²) in [5.41, 5.74) is 1.75. The number of fused-ring (bicyclic) bond motifs is 1. The number of ether oxygens (including phenoxy) is 2. The normalized spacial score (nSPS) is 15.2.